The third-order valence-electron chi connectivity index (χ3n) is 8.28. The number of ether oxygens (including phenoxy) is 1. The molecule has 2 aromatic rings. The van der Waals surface area contributed by atoms with Crippen molar-refractivity contribution < 1.29 is 27.9 Å². The fourth-order valence-corrected chi connectivity index (χ4v) is 6.75. The molecule has 0 bridgehead atoms. The van der Waals surface area contributed by atoms with Crippen molar-refractivity contribution in [2.75, 3.05) is 32.1 Å². The number of aryl methyl sites for hydroxylation is 1. The van der Waals surface area contributed by atoms with Gasteiger partial charge < -0.3 is 25.4 Å². The molecular weight excluding hydrogens is 556 g/mol. The van der Waals surface area contributed by atoms with Crippen LogP contribution in [0.1, 0.15) is 57.1 Å². The third-order valence-corrected chi connectivity index (χ3v) is 10.1. The summed E-state index contributed by atoms with van der Waals surface area (Å²) < 4.78 is 34.5. The zero-order valence-corrected chi connectivity index (χ0v) is 25.8. The number of carbonyl (C=O) groups is 2. The van der Waals surface area contributed by atoms with Gasteiger partial charge in [0.25, 0.3) is 0 Å². The molecule has 0 unspecified atom stereocenters. The van der Waals surface area contributed by atoms with Crippen LogP contribution < -0.4 is 15.4 Å². The molecule has 0 saturated heterocycles. The number of anilines is 1. The molecule has 3 atom stereocenters. The number of rotatable bonds is 8. The molecule has 1 aliphatic carbocycles. The highest BCUT2D eigenvalue weighted by Crippen LogP contribution is 2.30. The average Bonchev–Trinajstić information content (AvgIpc) is 3.00. The van der Waals surface area contributed by atoms with Crippen LogP contribution in [0.4, 0.5) is 10.5 Å². The van der Waals surface area contributed by atoms with Crippen molar-refractivity contribution in [1.82, 2.24) is 14.5 Å². The molecule has 3 amide bonds. The van der Waals surface area contributed by atoms with E-state index in [1.54, 1.807) is 54.3 Å². The second-order valence-corrected chi connectivity index (χ2v) is 13.8. The molecule has 0 aromatic heterocycles. The molecule has 0 spiro atoms. The van der Waals surface area contributed by atoms with Crippen LogP contribution in [-0.4, -0.2) is 79.6 Å². The average molecular weight is 601 g/mol. The van der Waals surface area contributed by atoms with Crippen LogP contribution in [0.2, 0.25) is 0 Å². The Kier molecular flexibility index (Phi) is 10.5. The van der Waals surface area contributed by atoms with Crippen LogP contribution in [0, 0.1) is 12.8 Å². The second kappa shape index (κ2) is 13.9. The van der Waals surface area contributed by atoms with Crippen LogP contribution in [0.15, 0.2) is 47.4 Å². The molecular formula is C31H44N4O6S. The predicted molar refractivity (Wildman–Crippen MR) is 162 cm³/mol. The first kappa shape index (κ1) is 31.8. The van der Waals surface area contributed by atoms with Gasteiger partial charge in [-0.1, -0.05) is 43.9 Å². The summed E-state index contributed by atoms with van der Waals surface area (Å²) >= 11 is 0. The molecule has 1 fully saturated rings. The number of urea groups is 1. The summed E-state index contributed by atoms with van der Waals surface area (Å²) in [4.78, 5) is 28.0. The Morgan fingerprint density at radius 2 is 1.83 bits per heavy atom. The number of carbonyl (C=O) groups excluding carboxylic acids is 2. The monoisotopic (exact) mass is 600 g/mol. The molecule has 230 valence electrons. The summed E-state index contributed by atoms with van der Waals surface area (Å²) in [7, 11) is -2.26. The van der Waals surface area contributed by atoms with Crippen molar-refractivity contribution in [1.29, 1.82) is 0 Å². The van der Waals surface area contributed by atoms with E-state index in [1.807, 2.05) is 13.8 Å². The Balaban J connectivity index is 1.59. The number of sulfonamides is 1. The van der Waals surface area contributed by atoms with Gasteiger partial charge in [0.1, 0.15) is 11.9 Å². The molecule has 4 rings (SSSR count). The lowest BCUT2D eigenvalue weighted by atomic mass is 9.96. The Hall–Kier alpha value is -3.15. The lowest BCUT2D eigenvalue weighted by molar-refractivity contribution is -0.134. The van der Waals surface area contributed by atoms with Crippen LogP contribution >= 0.6 is 0 Å². The van der Waals surface area contributed by atoms with Gasteiger partial charge in [-0.05, 0) is 57.0 Å². The summed E-state index contributed by atoms with van der Waals surface area (Å²) in [5, 5.41) is 15.8. The minimum atomic E-state index is -3.79. The van der Waals surface area contributed by atoms with Crippen molar-refractivity contribution in [3.8, 4) is 5.75 Å². The Bertz CT molecular complexity index is 1340. The minimum absolute atomic E-state index is 0.0103. The molecule has 3 N–H and O–H groups in total. The number of hydrogen-bond donors (Lipinski definition) is 3. The largest absolute Gasteiger partial charge is 0.488 e. The number of likely N-dealkylation sites (N-methyl/N-ethyl adjacent to an activating group) is 1. The lowest BCUT2D eigenvalue weighted by Gasteiger charge is -2.33. The van der Waals surface area contributed by atoms with E-state index in [-0.39, 0.29) is 54.9 Å². The Morgan fingerprint density at radius 1 is 1.14 bits per heavy atom. The number of amides is 3. The van der Waals surface area contributed by atoms with Gasteiger partial charge in [-0.2, -0.15) is 4.31 Å². The highest BCUT2D eigenvalue weighted by atomic mass is 32.2. The van der Waals surface area contributed by atoms with Gasteiger partial charge in [-0.3, -0.25) is 4.79 Å². The molecule has 1 heterocycles. The van der Waals surface area contributed by atoms with Crippen molar-refractivity contribution in [3.05, 3.63) is 53.6 Å². The number of nitrogens with zero attached hydrogens (tertiary/aromatic N) is 2. The first-order valence-electron chi connectivity index (χ1n) is 14.8. The molecule has 42 heavy (non-hydrogen) atoms. The zero-order chi connectivity index (χ0) is 30.4. The van der Waals surface area contributed by atoms with Crippen molar-refractivity contribution in [2.24, 2.45) is 5.92 Å². The Morgan fingerprint density at radius 3 is 2.50 bits per heavy atom. The number of hydrogen-bond acceptors (Lipinski definition) is 6. The first-order chi connectivity index (χ1) is 20.0. The van der Waals surface area contributed by atoms with E-state index in [4.69, 9.17) is 4.74 Å². The summed E-state index contributed by atoms with van der Waals surface area (Å²) in [6, 6.07) is 11.3. The second-order valence-electron chi connectivity index (χ2n) is 11.7. The molecule has 11 heteroatoms. The highest BCUT2D eigenvalue weighted by Gasteiger charge is 2.33. The zero-order valence-electron chi connectivity index (χ0n) is 25.0. The van der Waals surface area contributed by atoms with E-state index in [2.05, 4.69) is 10.6 Å². The SMILES string of the molecule is Cc1ccc(S(=O)(=O)N(C)C[C@H]2Oc3ccc(NC(=O)NC4CCCCC4)cc3CC(=O)N([C@H](C)CO)C[C@H]2C)cc1. The van der Waals surface area contributed by atoms with Gasteiger partial charge in [0, 0.05) is 36.8 Å². The van der Waals surface area contributed by atoms with Crippen molar-refractivity contribution in [3.63, 3.8) is 0 Å². The van der Waals surface area contributed by atoms with Gasteiger partial charge in [-0.15, -0.1) is 0 Å². The Labute approximate surface area is 249 Å². The number of aliphatic hydroxyl groups excluding tert-OH is 1. The highest BCUT2D eigenvalue weighted by molar-refractivity contribution is 7.89. The summed E-state index contributed by atoms with van der Waals surface area (Å²) in [5.41, 5.74) is 2.07. The van der Waals surface area contributed by atoms with E-state index in [0.29, 0.717) is 17.0 Å². The maximum Gasteiger partial charge on any atom is 0.319 e. The molecule has 0 radical (unpaired) electrons. The number of aliphatic hydroxyl groups is 1. The van der Waals surface area contributed by atoms with Gasteiger partial charge >= 0.3 is 6.03 Å². The van der Waals surface area contributed by atoms with Gasteiger partial charge in [0.15, 0.2) is 0 Å². The molecule has 2 aliphatic rings. The third kappa shape index (κ3) is 7.81. The molecule has 1 aliphatic heterocycles. The van der Waals surface area contributed by atoms with Crippen molar-refractivity contribution in [2.45, 2.75) is 82.4 Å². The normalized spacial score (nSPS) is 21.0. The fraction of sp³-hybridized carbons (Fsp3) is 0.548. The van der Waals surface area contributed by atoms with Crippen LogP contribution in [0.25, 0.3) is 0 Å². The summed E-state index contributed by atoms with van der Waals surface area (Å²) in [6.45, 7) is 5.72. The quantitative estimate of drug-likeness (QED) is 0.422. The van der Waals surface area contributed by atoms with Gasteiger partial charge in [0.2, 0.25) is 15.9 Å². The van der Waals surface area contributed by atoms with Crippen molar-refractivity contribution >= 4 is 27.6 Å². The van der Waals surface area contributed by atoms with E-state index >= 15 is 0 Å². The smallest absolute Gasteiger partial charge is 0.319 e. The van der Waals surface area contributed by atoms with Crippen LogP contribution in [0.5, 0.6) is 5.75 Å². The molecule has 10 nitrogen and oxygen atoms in total. The maximum atomic E-state index is 13.5. The van der Waals surface area contributed by atoms with E-state index in [0.717, 1.165) is 31.2 Å². The predicted octanol–water partition coefficient (Wildman–Crippen LogP) is 3.92. The number of nitrogens with one attached hydrogen (secondary N) is 2. The summed E-state index contributed by atoms with van der Waals surface area (Å²) in [5.74, 6) is 0.0139. The molecule has 2 aromatic carbocycles. The van der Waals surface area contributed by atoms with Crippen LogP contribution in [0.3, 0.4) is 0 Å². The lowest BCUT2D eigenvalue weighted by Crippen LogP contribution is -2.48. The standard InChI is InChI=1S/C31H44N4O6S/c1-21-10-13-27(14-11-21)42(39,40)34(4)19-29-22(2)18-35(23(3)20-36)30(37)17-24-16-26(12-15-28(24)41-29)33-31(38)32-25-8-6-5-7-9-25/h10-16,22-23,25,29,36H,5-9,17-20H2,1-4H3,(H2,32,33,38)/t22-,23-,29-/m1/s1. The minimum Gasteiger partial charge on any atom is -0.488 e. The molecule has 1 saturated carbocycles. The number of fused-ring (bicyclic) bond motifs is 1. The van der Waals surface area contributed by atoms with E-state index < -0.39 is 22.2 Å². The van der Waals surface area contributed by atoms with E-state index in [1.165, 1.54) is 17.8 Å². The van der Waals surface area contributed by atoms with E-state index in [9.17, 15) is 23.1 Å². The van der Waals surface area contributed by atoms with Gasteiger partial charge in [-0.25, -0.2) is 13.2 Å². The summed E-state index contributed by atoms with van der Waals surface area (Å²) in [6.07, 6.45) is 4.74. The topological polar surface area (TPSA) is 128 Å². The fourth-order valence-electron chi connectivity index (χ4n) is 5.57. The maximum absolute atomic E-state index is 13.5. The van der Waals surface area contributed by atoms with Crippen LogP contribution in [-0.2, 0) is 21.2 Å². The van der Waals surface area contributed by atoms with Gasteiger partial charge in [0.05, 0.1) is 30.5 Å². The number of benzene rings is 2. The first-order valence-corrected chi connectivity index (χ1v) is 16.2.